The fraction of sp³-hybridized carbons (Fsp3) is 0.300. The minimum Gasteiger partial charge on any atom is -0.375 e. The second-order valence-corrected chi connectivity index (χ2v) is 8.25. The first-order valence-corrected chi connectivity index (χ1v) is 10.7. The van der Waals surface area contributed by atoms with Gasteiger partial charge in [0.05, 0.1) is 5.69 Å². The molecule has 0 bridgehead atoms. The highest BCUT2D eigenvalue weighted by molar-refractivity contribution is 7.13. The van der Waals surface area contributed by atoms with Crippen LogP contribution in [0.2, 0.25) is 5.28 Å². The molecule has 1 aromatic carbocycles. The minimum atomic E-state index is -0.181. The Morgan fingerprint density at radius 3 is 2.69 bits per heavy atom. The van der Waals surface area contributed by atoms with Gasteiger partial charge in [0.1, 0.15) is 11.5 Å². The van der Waals surface area contributed by atoms with Crippen LogP contribution in [0.25, 0.3) is 11.3 Å². The average molecular weight is 429 g/mol. The zero-order valence-electron chi connectivity index (χ0n) is 15.6. The first-order chi connectivity index (χ1) is 14.1. The number of hydrogen-bond acceptors (Lipinski definition) is 7. The number of nitrogens with one attached hydrogen (secondary N) is 2. The third kappa shape index (κ3) is 5.02. The van der Waals surface area contributed by atoms with Crippen molar-refractivity contribution in [3.8, 4) is 11.3 Å². The van der Waals surface area contributed by atoms with Gasteiger partial charge in [0.15, 0.2) is 5.13 Å². The molecule has 29 heavy (non-hydrogen) atoms. The van der Waals surface area contributed by atoms with E-state index in [4.69, 9.17) is 17.3 Å². The maximum Gasteiger partial charge on any atom is 0.271 e. The average Bonchev–Trinajstić information content (AvgIpc) is 3.15. The van der Waals surface area contributed by atoms with Gasteiger partial charge in [-0.15, -0.1) is 11.3 Å². The summed E-state index contributed by atoms with van der Waals surface area (Å²) in [6.07, 6.45) is 3.74. The van der Waals surface area contributed by atoms with E-state index < -0.39 is 0 Å². The van der Waals surface area contributed by atoms with Crippen molar-refractivity contribution < 1.29 is 4.79 Å². The summed E-state index contributed by atoms with van der Waals surface area (Å²) in [6.45, 7) is 0. The van der Waals surface area contributed by atoms with Gasteiger partial charge >= 0.3 is 0 Å². The maximum atomic E-state index is 12.4. The molecule has 2 atom stereocenters. The molecule has 1 saturated carbocycles. The minimum absolute atomic E-state index is 0.0718. The summed E-state index contributed by atoms with van der Waals surface area (Å²) < 4.78 is 0. The number of rotatable bonds is 5. The van der Waals surface area contributed by atoms with Gasteiger partial charge in [-0.3, -0.25) is 4.79 Å². The van der Waals surface area contributed by atoms with Gasteiger partial charge < -0.3 is 16.4 Å². The standard InChI is InChI=1S/C20H21ClN6OS/c21-19-25-15(12-5-2-1-3-6-12)10-17(27-19)23-13-7-4-8-14(9-13)24-18(28)16-11-29-20(22)26-16/h1-3,5-6,10-11,13-14H,4,7-9H2,(H2,22,26)(H,24,28)(H,23,25,27). The summed E-state index contributed by atoms with van der Waals surface area (Å²) in [5.74, 6) is 0.508. The highest BCUT2D eigenvalue weighted by Gasteiger charge is 2.25. The molecular formula is C20H21ClN6OS. The number of halogens is 1. The lowest BCUT2D eigenvalue weighted by Crippen LogP contribution is -2.42. The van der Waals surface area contributed by atoms with Crippen LogP contribution in [0.5, 0.6) is 0 Å². The Balaban J connectivity index is 1.42. The number of carbonyl (C=O) groups is 1. The Bertz CT molecular complexity index is 996. The highest BCUT2D eigenvalue weighted by Crippen LogP contribution is 2.25. The Morgan fingerprint density at radius 2 is 1.93 bits per heavy atom. The quantitative estimate of drug-likeness (QED) is 0.530. The van der Waals surface area contributed by atoms with Crippen LogP contribution in [0, 0.1) is 0 Å². The van der Waals surface area contributed by atoms with Crippen LogP contribution in [0.3, 0.4) is 0 Å². The Hall–Kier alpha value is -2.71. The lowest BCUT2D eigenvalue weighted by atomic mass is 9.91. The van der Waals surface area contributed by atoms with Crippen molar-refractivity contribution in [3.05, 3.63) is 52.8 Å². The molecule has 150 valence electrons. The molecule has 4 N–H and O–H groups in total. The summed E-state index contributed by atoms with van der Waals surface area (Å²) in [5.41, 5.74) is 7.75. The van der Waals surface area contributed by atoms with Crippen LogP contribution >= 0.6 is 22.9 Å². The molecule has 0 spiro atoms. The second kappa shape index (κ2) is 8.75. The molecule has 0 saturated heterocycles. The van der Waals surface area contributed by atoms with E-state index in [1.54, 1.807) is 5.38 Å². The molecule has 1 fully saturated rings. The summed E-state index contributed by atoms with van der Waals surface area (Å²) >= 11 is 7.41. The van der Waals surface area contributed by atoms with Crippen LogP contribution in [-0.2, 0) is 0 Å². The molecule has 2 unspecified atom stereocenters. The molecule has 1 aliphatic rings. The van der Waals surface area contributed by atoms with Crippen molar-refractivity contribution in [1.29, 1.82) is 0 Å². The zero-order valence-corrected chi connectivity index (χ0v) is 17.2. The molecule has 0 aliphatic heterocycles. The highest BCUT2D eigenvalue weighted by atomic mass is 35.5. The zero-order chi connectivity index (χ0) is 20.2. The van der Waals surface area contributed by atoms with Gasteiger partial charge in [0.2, 0.25) is 5.28 Å². The number of nitrogens with two attached hydrogens (primary N) is 1. The molecule has 0 radical (unpaired) electrons. The summed E-state index contributed by atoms with van der Waals surface area (Å²) in [7, 11) is 0. The topological polar surface area (TPSA) is 106 Å². The van der Waals surface area contributed by atoms with E-state index >= 15 is 0 Å². The molecule has 2 aromatic heterocycles. The first-order valence-electron chi connectivity index (χ1n) is 9.45. The Labute approximate surface area is 177 Å². The number of aromatic nitrogens is 3. The van der Waals surface area contributed by atoms with Crippen molar-refractivity contribution in [2.24, 2.45) is 0 Å². The molecule has 4 rings (SSSR count). The number of amides is 1. The molecule has 9 heteroatoms. The number of nitrogen functional groups attached to an aromatic ring is 1. The molecule has 1 amide bonds. The monoisotopic (exact) mass is 428 g/mol. The van der Waals surface area contributed by atoms with Crippen molar-refractivity contribution in [1.82, 2.24) is 20.3 Å². The molecule has 3 aromatic rings. The third-order valence-corrected chi connectivity index (χ3v) is 5.73. The summed E-state index contributed by atoms with van der Waals surface area (Å²) in [4.78, 5) is 25.1. The number of anilines is 2. The maximum absolute atomic E-state index is 12.4. The van der Waals surface area contributed by atoms with Gasteiger partial charge in [-0.1, -0.05) is 30.3 Å². The molecule has 7 nitrogen and oxygen atoms in total. The van der Waals surface area contributed by atoms with Crippen LogP contribution < -0.4 is 16.4 Å². The van der Waals surface area contributed by atoms with Gasteiger partial charge in [-0.05, 0) is 37.3 Å². The summed E-state index contributed by atoms with van der Waals surface area (Å²) in [5, 5.41) is 8.80. The number of hydrogen-bond donors (Lipinski definition) is 3. The van der Waals surface area contributed by atoms with E-state index in [9.17, 15) is 4.79 Å². The van der Waals surface area contributed by atoms with E-state index in [2.05, 4.69) is 25.6 Å². The van der Waals surface area contributed by atoms with Crippen molar-refractivity contribution in [2.75, 3.05) is 11.1 Å². The van der Waals surface area contributed by atoms with E-state index in [0.717, 1.165) is 36.9 Å². The molecule has 2 heterocycles. The number of thiazole rings is 1. The number of nitrogens with zero attached hydrogens (tertiary/aromatic N) is 3. The normalized spacial score (nSPS) is 18.9. The number of carbonyl (C=O) groups excluding carboxylic acids is 1. The number of benzene rings is 1. The van der Waals surface area contributed by atoms with Gasteiger partial charge in [0, 0.05) is 29.1 Å². The van der Waals surface area contributed by atoms with E-state index in [1.165, 1.54) is 11.3 Å². The van der Waals surface area contributed by atoms with Crippen LogP contribution in [0.15, 0.2) is 41.8 Å². The first kappa shape index (κ1) is 19.6. The largest absolute Gasteiger partial charge is 0.375 e. The second-order valence-electron chi connectivity index (χ2n) is 7.02. The van der Waals surface area contributed by atoms with Gasteiger partial charge in [0.25, 0.3) is 5.91 Å². The summed E-state index contributed by atoms with van der Waals surface area (Å²) in [6, 6.07) is 12.0. The van der Waals surface area contributed by atoms with Crippen molar-refractivity contribution in [2.45, 2.75) is 37.8 Å². The lowest BCUT2D eigenvalue weighted by Gasteiger charge is -2.30. The Morgan fingerprint density at radius 1 is 1.14 bits per heavy atom. The smallest absolute Gasteiger partial charge is 0.271 e. The Kier molecular flexibility index (Phi) is 5.92. The predicted octanol–water partition coefficient (Wildman–Crippen LogP) is 3.99. The fourth-order valence-electron chi connectivity index (χ4n) is 3.56. The SMILES string of the molecule is Nc1nc(C(=O)NC2CCCC(Nc3cc(-c4ccccc4)nc(Cl)n3)C2)cs1. The van der Waals surface area contributed by atoms with E-state index in [-0.39, 0.29) is 23.3 Å². The lowest BCUT2D eigenvalue weighted by molar-refractivity contribution is 0.0922. The van der Waals surface area contributed by atoms with E-state index in [0.29, 0.717) is 16.6 Å². The fourth-order valence-corrected chi connectivity index (χ4v) is 4.29. The van der Waals surface area contributed by atoms with E-state index in [1.807, 2.05) is 36.4 Å². The van der Waals surface area contributed by atoms with Gasteiger partial charge in [-0.25, -0.2) is 15.0 Å². The van der Waals surface area contributed by atoms with Crippen molar-refractivity contribution >= 4 is 39.8 Å². The molecular weight excluding hydrogens is 408 g/mol. The van der Waals surface area contributed by atoms with Gasteiger partial charge in [-0.2, -0.15) is 0 Å². The molecule has 1 aliphatic carbocycles. The third-order valence-electron chi connectivity index (χ3n) is 4.88. The van der Waals surface area contributed by atoms with Crippen LogP contribution in [0.4, 0.5) is 10.9 Å². The van der Waals surface area contributed by atoms with Crippen LogP contribution in [-0.4, -0.2) is 32.9 Å². The predicted molar refractivity (Wildman–Crippen MR) is 116 cm³/mol. The van der Waals surface area contributed by atoms with Crippen LogP contribution in [0.1, 0.15) is 36.2 Å². The van der Waals surface area contributed by atoms with Crippen molar-refractivity contribution in [3.63, 3.8) is 0 Å².